The molecule has 3 nitrogen and oxygen atoms in total. The second-order valence-electron chi connectivity index (χ2n) is 6.11. The summed E-state index contributed by atoms with van der Waals surface area (Å²) in [6.07, 6.45) is 9.07. The standard InChI is InChI=1S/C18H25N3/c1-3-10-20-18(17-12-19-13-21(17)2)16-9-5-8-15(11-16)14-6-4-7-14/h5,8-9,11-14,18,20H,3-4,6-7,10H2,1-2H3. The molecular formula is C18H25N3. The second-order valence-corrected chi connectivity index (χ2v) is 6.11. The minimum absolute atomic E-state index is 0.234. The van der Waals surface area contributed by atoms with Crippen LogP contribution in [-0.2, 0) is 7.05 Å². The van der Waals surface area contributed by atoms with Crippen LogP contribution in [0.25, 0.3) is 0 Å². The molecule has 3 heteroatoms. The summed E-state index contributed by atoms with van der Waals surface area (Å²) in [5.74, 6) is 0.781. The van der Waals surface area contributed by atoms with Gasteiger partial charge < -0.3 is 9.88 Å². The molecule has 0 aliphatic heterocycles. The quantitative estimate of drug-likeness (QED) is 0.874. The highest BCUT2D eigenvalue weighted by molar-refractivity contribution is 5.33. The van der Waals surface area contributed by atoms with E-state index >= 15 is 0 Å². The monoisotopic (exact) mass is 283 g/mol. The number of hydrogen-bond acceptors (Lipinski definition) is 2. The maximum Gasteiger partial charge on any atom is 0.0946 e. The molecule has 0 amide bonds. The van der Waals surface area contributed by atoms with Gasteiger partial charge in [-0.1, -0.05) is 37.6 Å². The molecule has 1 heterocycles. The number of hydrogen-bond donors (Lipinski definition) is 1. The van der Waals surface area contributed by atoms with Gasteiger partial charge >= 0.3 is 0 Å². The van der Waals surface area contributed by atoms with E-state index in [4.69, 9.17) is 0 Å². The van der Waals surface area contributed by atoms with Gasteiger partial charge in [-0.05, 0) is 42.9 Å². The van der Waals surface area contributed by atoms with E-state index in [1.54, 1.807) is 0 Å². The van der Waals surface area contributed by atoms with Crippen molar-refractivity contribution in [3.8, 4) is 0 Å². The maximum atomic E-state index is 4.28. The van der Waals surface area contributed by atoms with Gasteiger partial charge in [-0.3, -0.25) is 0 Å². The van der Waals surface area contributed by atoms with Crippen molar-refractivity contribution in [3.63, 3.8) is 0 Å². The summed E-state index contributed by atoms with van der Waals surface area (Å²) in [6, 6.07) is 9.36. The Morgan fingerprint density at radius 1 is 1.38 bits per heavy atom. The average molecular weight is 283 g/mol. The van der Waals surface area contributed by atoms with Crippen LogP contribution in [-0.4, -0.2) is 16.1 Å². The van der Waals surface area contributed by atoms with Gasteiger partial charge in [0.1, 0.15) is 0 Å². The first kappa shape index (κ1) is 14.3. The summed E-state index contributed by atoms with van der Waals surface area (Å²) in [7, 11) is 2.07. The summed E-state index contributed by atoms with van der Waals surface area (Å²) in [4.78, 5) is 4.28. The van der Waals surface area contributed by atoms with E-state index in [0.29, 0.717) is 0 Å². The third-order valence-corrected chi connectivity index (χ3v) is 4.57. The zero-order valence-corrected chi connectivity index (χ0v) is 13.0. The Labute approximate surface area is 127 Å². The van der Waals surface area contributed by atoms with Crippen LogP contribution in [0.5, 0.6) is 0 Å². The van der Waals surface area contributed by atoms with E-state index in [1.807, 2.05) is 12.5 Å². The van der Waals surface area contributed by atoms with Gasteiger partial charge in [0, 0.05) is 7.05 Å². The van der Waals surface area contributed by atoms with E-state index in [1.165, 1.54) is 36.1 Å². The van der Waals surface area contributed by atoms with Crippen molar-refractivity contribution >= 4 is 0 Å². The number of nitrogens with one attached hydrogen (secondary N) is 1. The summed E-state index contributed by atoms with van der Waals surface area (Å²) in [5.41, 5.74) is 4.09. The molecule has 1 N–H and O–H groups in total. The fraction of sp³-hybridized carbons (Fsp3) is 0.500. The second kappa shape index (κ2) is 6.44. The summed E-state index contributed by atoms with van der Waals surface area (Å²) in [6.45, 7) is 3.22. The number of aromatic nitrogens is 2. The zero-order chi connectivity index (χ0) is 14.7. The summed E-state index contributed by atoms with van der Waals surface area (Å²) < 4.78 is 2.11. The van der Waals surface area contributed by atoms with Crippen LogP contribution in [0.15, 0.2) is 36.8 Å². The molecular weight excluding hydrogens is 258 g/mol. The number of aryl methyl sites for hydroxylation is 1. The lowest BCUT2D eigenvalue weighted by Gasteiger charge is -2.27. The fourth-order valence-corrected chi connectivity index (χ4v) is 3.06. The predicted octanol–water partition coefficient (Wildman–Crippen LogP) is 3.78. The number of nitrogens with zero attached hydrogens (tertiary/aromatic N) is 2. The van der Waals surface area contributed by atoms with Crippen molar-refractivity contribution in [2.75, 3.05) is 6.54 Å². The largest absolute Gasteiger partial charge is 0.336 e. The minimum Gasteiger partial charge on any atom is -0.336 e. The molecule has 1 aliphatic carbocycles. The van der Waals surface area contributed by atoms with Crippen LogP contribution in [0, 0.1) is 0 Å². The Bertz CT molecular complexity index is 584. The van der Waals surface area contributed by atoms with Gasteiger partial charge in [-0.15, -0.1) is 0 Å². The van der Waals surface area contributed by atoms with Crippen LogP contribution < -0.4 is 5.32 Å². The summed E-state index contributed by atoms with van der Waals surface area (Å²) in [5, 5.41) is 3.67. The number of imidazole rings is 1. The van der Waals surface area contributed by atoms with Crippen molar-refractivity contribution in [2.24, 2.45) is 7.05 Å². The van der Waals surface area contributed by atoms with Crippen LogP contribution in [0.1, 0.15) is 61.4 Å². The molecule has 0 saturated heterocycles. The molecule has 1 aromatic heterocycles. The molecule has 21 heavy (non-hydrogen) atoms. The third-order valence-electron chi connectivity index (χ3n) is 4.57. The van der Waals surface area contributed by atoms with Gasteiger partial charge in [-0.2, -0.15) is 0 Å². The van der Waals surface area contributed by atoms with Crippen LogP contribution in [0.4, 0.5) is 0 Å². The van der Waals surface area contributed by atoms with Crippen molar-refractivity contribution in [3.05, 3.63) is 53.6 Å². The Balaban J connectivity index is 1.90. The van der Waals surface area contributed by atoms with Crippen molar-refractivity contribution < 1.29 is 0 Å². The first-order valence-electron chi connectivity index (χ1n) is 8.09. The Morgan fingerprint density at radius 2 is 2.24 bits per heavy atom. The smallest absolute Gasteiger partial charge is 0.0946 e. The SMILES string of the molecule is CCCNC(c1cccc(C2CCC2)c1)c1cncn1C. The Morgan fingerprint density at radius 3 is 2.86 bits per heavy atom. The molecule has 1 atom stereocenters. The molecule has 1 saturated carbocycles. The maximum absolute atomic E-state index is 4.28. The molecule has 1 aromatic carbocycles. The molecule has 0 bridgehead atoms. The van der Waals surface area contributed by atoms with E-state index in [0.717, 1.165) is 18.9 Å². The van der Waals surface area contributed by atoms with E-state index in [2.05, 4.69) is 53.1 Å². The summed E-state index contributed by atoms with van der Waals surface area (Å²) >= 11 is 0. The van der Waals surface area contributed by atoms with Gasteiger partial charge in [0.2, 0.25) is 0 Å². The highest BCUT2D eigenvalue weighted by atomic mass is 15.1. The lowest BCUT2D eigenvalue weighted by molar-refractivity contribution is 0.419. The van der Waals surface area contributed by atoms with Crippen molar-refractivity contribution in [1.29, 1.82) is 0 Å². The first-order chi connectivity index (χ1) is 10.3. The molecule has 0 spiro atoms. The molecule has 1 aliphatic rings. The lowest BCUT2D eigenvalue weighted by Crippen LogP contribution is -2.25. The fourth-order valence-electron chi connectivity index (χ4n) is 3.06. The topological polar surface area (TPSA) is 29.9 Å². The Kier molecular flexibility index (Phi) is 4.39. The van der Waals surface area contributed by atoms with E-state index in [9.17, 15) is 0 Å². The minimum atomic E-state index is 0.234. The molecule has 2 aromatic rings. The normalized spacial score (nSPS) is 16.7. The van der Waals surface area contributed by atoms with E-state index in [-0.39, 0.29) is 6.04 Å². The Hall–Kier alpha value is -1.61. The van der Waals surface area contributed by atoms with Crippen molar-refractivity contribution in [2.45, 2.75) is 44.6 Å². The van der Waals surface area contributed by atoms with Gasteiger partial charge in [-0.25, -0.2) is 4.98 Å². The lowest BCUT2D eigenvalue weighted by atomic mass is 9.79. The van der Waals surface area contributed by atoms with Gasteiger partial charge in [0.15, 0.2) is 0 Å². The van der Waals surface area contributed by atoms with Gasteiger partial charge in [0.05, 0.1) is 24.3 Å². The highest BCUT2D eigenvalue weighted by Gasteiger charge is 2.22. The molecule has 112 valence electrons. The molecule has 1 unspecified atom stereocenters. The third kappa shape index (κ3) is 3.03. The highest BCUT2D eigenvalue weighted by Crippen LogP contribution is 2.37. The van der Waals surface area contributed by atoms with Crippen LogP contribution in [0.2, 0.25) is 0 Å². The number of rotatable bonds is 6. The predicted molar refractivity (Wildman–Crippen MR) is 86.4 cm³/mol. The van der Waals surface area contributed by atoms with Crippen LogP contribution in [0.3, 0.4) is 0 Å². The molecule has 0 radical (unpaired) electrons. The van der Waals surface area contributed by atoms with Crippen molar-refractivity contribution in [1.82, 2.24) is 14.9 Å². The zero-order valence-electron chi connectivity index (χ0n) is 13.0. The number of benzene rings is 1. The van der Waals surface area contributed by atoms with Crippen LogP contribution >= 0.6 is 0 Å². The average Bonchev–Trinajstić information content (AvgIpc) is 2.84. The molecule has 3 rings (SSSR count). The first-order valence-corrected chi connectivity index (χ1v) is 8.09. The molecule has 1 fully saturated rings. The van der Waals surface area contributed by atoms with E-state index < -0.39 is 0 Å². The van der Waals surface area contributed by atoms with Gasteiger partial charge in [0.25, 0.3) is 0 Å².